The number of methoxy groups -OCH3 is 1. The molecule has 1 heterocycles. The van der Waals surface area contributed by atoms with Gasteiger partial charge in [0.05, 0.1) is 24.6 Å². The number of carbonyl (C=O) groups excluding carboxylic acids is 1. The highest BCUT2D eigenvalue weighted by molar-refractivity contribution is 7.15. The maximum atomic E-state index is 11.4. The van der Waals surface area contributed by atoms with Gasteiger partial charge < -0.3 is 4.74 Å². The molecule has 126 valence electrons. The number of nitrogens with zero attached hydrogens (tertiary/aromatic N) is 2. The monoisotopic (exact) mass is 351 g/mol. The Bertz CT molecular complexity index is 887. The number of hydrazone groups is 1. The van der Waals surface area contributed by atoms with E-state index < -0.39 is 0 Å². The molecule has 0 amide bonds. The second kappa shape index (κ2) is 7.72. The van der Waals surface area contributed by atoms with Crippen molar-refractivity contribution < 1.29 is 9.53 Å². The van der Waals surface area contributed by atoms with Crippen molar-refractivity contribution in [1.29, 1.82) is 0 Å². The van der Waals surface area contributed by atoms with Gasteiger partial charge >= 0.3 is 5.97 Å². The number of aromatic nitrogens is 1. The maximum absolute atomic E-state index is 11.4. The molecule has 0 aliphatic carbocycles. The smallest absolute Gasteiger partial charge is 0.337 e. The SMILES string of the molecule is COC(=O)c1ccc(/C=N\Nc2nc(-c3ccccc3)c(C)s2)cc1. The topological polar surface area (TPSA) is 63.6 Å². The van der Waals surface area contributed by atoms with Gasteiger partial charge in [0.2, 0.25) is 5.13 Å². The van der Waals surface area contributed by atoms with E-state index in [0.29, 0.717) is 5.56 Å². The predicted octanol–water partition coefficient (Wildman–Crippen LogP) is 4.35. The third-order valence-electron chi connectivity index (χ3n) is 3.55. The van der Waals surface area contributed by atoms with Crippen LogP contribution in [0.25, 0.3) is 11.3 Å². The number of carbonyl (C=O) groups is 1. The second-order valence-corrected chi connectivity index (χ2v) is 6.48. The van der Waals surface area contributed by atoms with Gasteiger partial charge in [-0.1, -0.05) is 42.5 Å². The molecule has 0 bridgehead atoms. The van der Waals surface area contributed by atoms with E-state index >= 15 is 0 Å². The van der Waals surface area contributed by atoms with Gasteiger partial charge in [-0.15, -0.1) is 11.3 Å². The minimum absolute atomic E-state index is 0.353. The van der Waals surface area contributed by atoms with Gasteiger partial charge in [-0.2, -0.15) is 5.10 Å². The summed E-state index contributed by atoms with van der Waals surface area (Å²) in [6.07, 6.45) is 1.68. The van der Waals surface area contributed by atoms with Crippen LogP contribution >= 0.6 is 11.3 Å². The van der Waals surface area contributed by atoms with Crippen molar-refractivity contribution >= 4 is 28.7 Å². The van der Waals surface area contributed by atoms with Crippen molar-refractivity contribution in [3.05, 3.63) is 70.6 Å². The fraction of sp³-hybridized carbons (Fsp3) is 0.105. The zero-order chi connectivity index (χ0) is 17.6. The van der Waals surface area contributed by atoms with E-state index in [-0.39, 0.29) is 5.97 Å². The van der Waals surface area contributed by atoms with Crippen LogP contribution in [0.3, 0.4) is 0 Å². The molecule has 0 aliphatic rings. The molecule has 0 unspecified atom stereocenters. The molecular weight excluding hydrogens is 334 g/mol. The van der Waals surface area contributed by atoms with Crippen LogP contribution in [0.1, 0.15) is 20.8 Å². The van der Waals surface area contributed by atoms with Gasteiger partial charge in [0.1, 0.15) is 0 Å². The van der Waals surface area contributed by atoms with Gasteiger partial charge in [0, 0.05) is 10.4 Å². The summed E-state index contributed by atoms with van der Waals surface area (Å²) in [5, 5.41) is 4.95. The number of benzene rings is 2. The van der Waals surface area contributed by atoms with Crippen molar-refractivity contribution in [3.8, 4) is 11.3 Å². The van der Waals surface area contributed by atoms with E-state index in [4.69, 9.17) is 0 Å². The van der Waals surface area contributed by atoms with E-state index in [0.717, 1.165) is 26.8 Å². The minimum Gasteiger partial charge on any atom is -0.465 e. The lowest BCUT2D eigenvalue weighted by atomic mass is 10.1. The number of ether oxygens (including phenoxy) is 1. The molecule has 0 saturated carbocycles. The Morgan fingerprint density at radius 1 is 1.16 bits per heavy atom. The van der Waals surface area contributed by atoms with Crippen molar-refractivity contribution in [1.82, 2.24) is 4.98 Å². The summed E-state index contributed by atoms with van der Waals surface area (Å²) in [4.78, 5) is 17.1. The van der Waals surface area contributed by atoms with Gasteiger partial charge in [-0.25, -0.2) is 9.78 Å². The lowest BCUT2D eigenvalue weighted by Gasteiger charge is -1.99. The van der Waals surface area contributed by atoms with Gasteiger partial charge in [-0.3, -0.25) is 5.43 Å². The molecule has 0 saturated heterocycles. The lowest BCUT2D eigenvalue weighted by molar-refractivity contribution is 0.0600. The number of rotatable bonds is 5. The van der Waals surface area contributed by atoms with Crippen LogP contribution in [-0.2, 0) is 4.74 Å². The van der Waals surface area contributed by atoms with E-state index in [1.54, 1.807) is 41.8 Å². The summed E-state index contributed by atoms with van der Waals surface area (Å²) in [5.74, 6) is -0.353. The molecule has 0 spiro atoms. The number of thiazole rings is 1. The molecule has 5 nitrogen and oxygen atoms in total. The Labute approximate surface area is 150 Å². The number of nitrogens with one attached hydrogen (secondary N) is 1. The van der Waals surface area contributed by atoms with Crippen LogP contribution in [0, 0.1) is 6.92 Å². The zero-order valence-corrected chi connectivity index (χ0v) is 14.7. The molecule has 1 aromatic heterocycles. The number of aryl methyl sites for hydroxylation is 1. The first-order chi connectivity index (χ1) is 12.2. The van der Waals surface area contributed by atoms with Gasteiger partial charge in [0.15, 0.2) is 0 Å². The van der Waals surface area contributed by atoms with Crippen LogP contribution in [0.5, 0.6) is 0 Å². The van der Waals surface area contributed by atoms with Crippen molar-refractivity contribution in [3.63, 3.8) is 0 Å². The lowest BCUT2D eigenvalue weighted by Crippen LogP contribution is -2.00. The number of anilines is 1. The standard InChI is InChI=1S/C19H17N3O2S/c1-13-17(15-6-4-3-5-7-15)21-19(25-13)22-20-12-14-8-10-16(11-9-14)18(23)24-2/h3-12H,1-2H3,(H,21,22)/b20-12-. The Morgan fingerprint density at radius 2 is 1.88 bits per heavy atom. The minimum atomic E-state index is -0.353. The largest absolute Gasteiger partial charge is 0.465 e. The Kier molecular flexibility index (Phi) is 5.20. The first kappa shape index (κ1) is 16.9. The molecule has 0 radical (unpaired) electrons. The molecule has 3 rings (SSSR count). The summed E-state index contributed by atoms with van der Waals surface area (Å²) in [6.45, 7) is 2.04. The van der Waals surface area contributed by atoms with Crippen LogP contribution in [-0.4, -0.2) is 24.3 Å². The van der Waals surface area contributed by atoms with E-state index in [1.807, 2.05) is 37.3 Å². The van der Waals surface area contributed by atoms with Crippen LogP contribution in [0.2, 0.25) is 0 Å². The first-order valence-electron chi connectivity index (χ1n) is 7.67. The number of esters is 1. The van der Waals surface area contributed by atoms with Crippen LogP contribution in [0.15, 0.2) is 59.7 Å². The average Bonchev–Trinajstić information content (AvgIpc) is 3.03. The third kappa shape index (κ3) is 4.10. The highest BCUT2D eigenvalue weighted by Gasteiger charge is 2.08. The van der Waals surface area contributed by atoms with Crippen molar-refractivity contribution in [2.75, 3.05) is 12.5 Å². The Morgan fingerprint density at radius 3 is 2.56 bits per heavy atom. The highest BCUT2D eigenvalue weighted by Crippen LogP contribution is 2.30. The van der Waals surface area contributed by atoms with E-state index in [2.05, 4.69) is 20.2 Å². The summed E-state index contributed by atoms with van der Waals surface area (Å²) in [5.41, 5.74) is 6.39. The Balaban J connectivity index is 1.67. The number of hydrogen-bond donors (Lipinski definition) is 1. The summed E-state index contributed by atoms with van der Waals surface area (Å²) >= 11 is 1.56. The molecule has 6 heteroatoms. The summed E-state index contributed by atoms with van der Waals surface area (Å²) in [7, 11) is 1.36. The fourth-order valence-electron chi connectivity index (χ4n) is 2.29. The van der Waals surface area contributed by atoms with Gasteiger partial charge in [-0.05, 0) is 24.6 Å². The van der Waals surface area contributed by atoms with E-state index in [9.17, 15) is 4.79 Å². The normalized spacial score (nSPS) is 10.8. The first-order valence-corrected chi connectivity index (χ1v) is 8.49. The summed E-state index contributed by atoms with van der Waals surface area (Å²) < 4.78 is 4.67. The Hall–Kier alpha value is -2.99. The molecule has 0 atom stereocenters. The molecule has 3 aromatic rings. The third-order valence-corrected chi connectivity index (χ3v) is 4.42. The van der Waals surface area contributed by atoms with Crippen molar-refractivity contribution in [2.45, 2.75) is 6.92 Å². The zero-order valence-electron chi connectivity index (χ0n) is 13.9. The maximum Gasteiger partial charge on any atom is 0.337 e. The van der Waals surface area contributed by atoms with E-state index in [1.165, 1.54) is 7.11 Å². The quantitative estimate of drug-likeness (QED) is 0.422. The molecule has 0 fully saturated rings. The molecule has 1 N–H and O–H groups in total. The fourth-order valence-corrected chi connectivity index (χ4v) is 3.08. The molecule has 25 heavy (non-hydrogen) atoms. The summed E-state index contributed by atoms with van der Waals surface area (Å²) in [6, 6.07) is 17.1. The molecular formula is C19H17N3O2S. The number of hydrogen-bond acceptors (Lipinski definition) is 6. The molecule has 0 aliphatic heterocycles. The predicted molar refractivity (Wildman–Crippen MR) is 101 cm³/mol. The van der Waals surface area contributed by atoms with Crippen molar-refractivity contribution in [2.24, 2.45) is 5.10 Å². The van der Waals surface area contributed by atoms with Crippen LogP contribution in [0.4, 0.5) is 5.13 Å². The van der Waals surface area contributed by atoms with Gasteiger partial charge in [0.25, 0.3) is 0 Å². The average molecular weight is 351 g/mol. The highest BCUT2D eigenvalue weighted by atomic mass is 32.1. The molecule has 2 aromatic carbocycles. The second-order valence-electron chi connectivity index (χ2n) is 5.27. The van der Waals surface area contributed by atoms with Crippen LogP contribution < -0.4 is 5.43 Å².